The van der Waals surface area contributed by atoms with Gasteiger partial charge in [0.05, 0.1) is 6.61 Å². The fraction of sp³-hybridized carbons (Fsp3) is 0.750. The highest BCUT2D eigenvalue weighted by Gasteiger charge is 2.32. The Labute approximate surface area is 127 Å². The summed E-state index contributed by atoms with van der Waals surface area (Å²) in [6.07, 6.45) is 7.41. The molecule has 0 bridgehead atoms. The molecule has 2 heterocycles. The molecule has 2 rings (SSSR count). The van der Waals surface area contributed by atoms with E-state index in [9.17, 15) is 0 Å². The first kappa shape index (κ1) is 15.9. The molecule has 0 amide bonds. The van der Waals surface area contributed by atoms with Gasteiger partial charge in [-0.3, -0.25) is 0 Å². The summed E-state index contributed by atoms with van der Waals surface area (Å²) in [5.41, 5.74) is 7.27. The molecule has 0 aliphatic carbocycles. The number of nitrogens with zero attached hydrogens (tertiary/aromatic N) is 3. The normalized spacial score (nSPS) is 17.8. The zero-order valence-electron chi connectivity index (χ0n) is 13.6. The maximum atomic E-state index is 6.20. The van der Waals surface area contributed by atoms with E-state index in [-0.39, 0.29) is 0 Å². The standard InChI is InChI=1S/C16H28N4O/c1-4-11-21-15-13(17)14(18-12-19-15)20-9-7-16(5-2,6-3)8-10-20/h12H,4-11,17H2,1-3H3. The SMILES string of the molecule is CCCOc1ncnc(N2CCC(CC)(CC)CC2)c1N. The van der Waals surface area contributed by atoms with Crippen LogP contribution in [-0.4, -0.2) is 29.7 Å². The predicted octanol–water partition coefficient (Wildman–Crippen LogP) is 3.25. The third-order valence-electron chi connectivity index (χ3n) is 4.89. The van der Waals surface area contributed by atoms with Crippen molar-refractivity contribution < 1.29 is 4.74 Å². The minimum atomic E-state index is 0.500. The molecule has 21 heavy (non-hydrogen) atoms. The first-order valence-corrected chi connectivity index (χ1v) is 8.14. The Morgan fingerprint density at radius 1 is 1.19 bits per heavy atom. The van der Waals surface area contributed by atoms with Gasteiger partial charge in [-0.2, -0.15) is 4.98 Å². The van der Waals surface area contributed by atoms with E-state index in [1.54, 1.807) is 6.33 Å². The summed E-state index contributed by atoms with van der Waals surface area (Å²) in [6.45, 7) is 9.32. The summed E-state index contributed by atoms with van der Waals surface area (Å²) in [5.74, 6) is 1.35. The third-order valence-corrected chi connectivity index (χ3v) is 4.89. The molecular formula is C16H28N4O. The Bertz CT molecular complexity index is 450. The van der Waals surface area contributed by atoms with Crippen molar-refractivity contribution in [3.05, 3.63) is 6.33 Å². The second-order valence-corrected chi connectivity index (χ2v) is 5.96. The molecule has 0 unspecified atom stereocenters. The van der Waals surface area contributed by atoms with Gasteiger partial charge in [-0.05, 0) is 24.7 Å². The van der Waals surface area contributed by atoms with Crippen molar-refractivity contribution >= 4 is 11.5 Å². The van der Waals surface area contributed by atoms with Crippen LogP contribution in [0.25, 0.3) is 0 Å². The maximum absolute atomic E-state index is 6.20. The number of nitrogens with two attached hydrogens (primary N) is 1. The fourth-order valence-corrected chi connectivity index (χ4v) is 3.09. The maximum Gasteiger partial charge on any atom is 0.242 e. The summed E-state index contributed by atoms with van der Waals surface area (Å²) in [5, 5.41) is 0. The van der Waals surface area contributed by atoms with Gasteiger partial charge in [-0.1, -0.05) is 33.6 Å². The van der Waals surface area contributed by atoms with Crippen molar-refractivity contribution in [1.29, 1.82) is 0 Å². The molecule has 1 saturated heterocycles. The van der Waals surface area contributed by atoms with E-state index in [0.717, 1.165) is 25.3 Å². The van der Waals surface area contributed by atoms with Crippen LogP contribution < -0.4 is 15.4 Å². The molecule has 1 fully saturated rings. The van der Waals surface area contributed by atoms with E-state index in [2.05, 4.69) is 35.6 Å². The lowest BCUT2D eigenvalue weighted by molar-refractivity contribution is 0.199. The van der Waals surface area contributed by atoms with Crippen molar-refractivity contribution in [3.8, 4) is 5.88 Å². The molecule has 1 aliphatic heterocycles. The molecule has 1 aromatic heterocycles. The molecule has 2 N–H and O–H groups in total. The van der Waals surface area contributed by atoms with Crippen molar-refractivity contribution in [2.75, 3.05) is 30.3 Å². The molecule has 118 valence electrons. The number of nitrogen functional groups attached to an aromatic ring is 1. The van der Waals surface area contributed by atoms with Crippen molar-refractivity contribution in [2.24, 2.45) is 5.41 Å². The van der Waals surface area contributed by atoms with Crippen LogP contribution in [0.5, 0.6) is 5.88 Å². The van der Waals surface area contributed by atoms with Gasteiger partial charge in [0.25, 0.3) is 0 Å². The average molecular weight is 292 g/mol. The molecule has 5 nitrogen and oxygen atoms in total. The second kappa shape index (κ2) is 6.96. The average Bonchev–Trinajstić information content (AvgIpc) is 2.54. The summed E-state index contributed by atoms with van der Waals surface area (Å²) < 4.78 is 5.60. The van der Waals surface area contributed by atoms with Crippen LogP contribution in [0, 0.1) is 5.41 Å². The van der Waals surface area contributed by atoms with Gasteiger partial charge < -0.3 is 15.4 Å². The molecule has 0 atom stereocenters. The van der Waals surface area contributed by atoms with E-state index < -0.39 is 0 Å². The molecule has 1 aromatic rings. The zero-order valence-corrected chi connectivity index (χ0v) is 13.6. The van der Waals surface area contributed by atoms with Gasteiger partial charge >= 0.3 is 0 Å². The van der Waals surface area contributed by atoms with Crippen LogP contribution in [0.2, 0.25) is 0 Å². The summed E-state index contributed by atoms with van der Waals surface area (Å²) >= 11 is 0. The largest absolute Gasteiger partial charge is 0.476 e. The number of ether oxygens (including phenoxy) is 1. The summed E-state index contributed by atoms with van der Waals surface area (Å²) in [4.78, 5) is 10.8. The van der Waals surface area contributed by atoms with Crippen molar-refractivity contribution in [1.82, 2.24) is 9.97 Å². The van der Waals surface area contributed by atoms with Crippen molar-refractivity contribution in [2.45, 2.75) is 52.9 Å². The Morgan fingerprint density at radius 3 is 2.43 bits per heavy atom. The van der Waals surface area contributed by atoms with E-state index in [1.165, 1.54) is 25.7 Å². The molecule has 1 aliphatic rings. The molecule has 0 spiro atoms. The number of rotatable bonds is 6. The number of aromatic nitrogens is 2. The predicted molar refractivity (Wildman–Crippen MR) is 86.7 cm³/mol. The summed E-state index contributed by atoms with van der Waals surface area (Å²) in [7, 11) is 0. The second-order valence-electron chi connectivity index (χ2n) is 5.96. The van der Waals surface area contributed by atoms with Crippen LogP contribution in [0.3, 0.4) is 0 Å². The van der Waals surface area contributed by atoms with Gasteiger partial charge in [-0.15, -0.1) is 0 Å². The fourth-order valence-electron chi connectivity index (χ4n) is 3.09. The van der Waals surface area contributed by atoms with Gasteiger partial charge in [0, 0.05) is 13.1 Å². The van der Waals surface area contributed by atoms with Crippen LogP contribution in [0.1, 0.15) is 52.9 Å². The topological polar surface area (TPSA) is 64.3 Å². The van der Waals surface area contributed by atoms with Gasteiger partial charge in [0.15, 0.2) is 5.82 Å². The lowest BCUT2D eigenvalue weighted by atomic mass is 9.74. The highest BCUT2D eigenvalue weighted by atomic mass is 16.5. The molecular weight excluding hydrogens is 264 g/mol. The third kappa shape index (κ3) is 3.39. The lowest BCUT2D eigenvalue weighted by Gasteiger charge is -2.41. The minimum Gasteiger partial charge on any atom is -0.476 e. The van der Waals surface area contributed by atoms with Crippen LogP contribution in [0.15, 0.2) is 6.33 Å². The van der Waals surface area contributed by atoms with Crippen LogP contribution in [-0.2, 0) is 0 Å². The molecule has 0 radical (unpaired) electrons. The highest BCUT2D eigenvalue weighted by Crippen LogP contribution is 2.40. The van der Waals surface area contributed by atoms with Crippen LogP contribution >= 0.6 is 0 Å². The highest BCUT2D eigenvalue weighted by molar-refractivity contribution is 5.67. The van der Waals surface area contributed by atoms with E-state index >= 15 is 0 Å². The van der Waals surface area contributed by atoms with Crippen molar-refractivity contribution in [3.63, 3.8) is 0 Å². The lowest BCUT2D eigenvalue weighted by Crippen LogP contribution is -2.40. The monoisotopic (exact) mass is 292 g/mol. The molecule has 5 heteroatoms. The van der Waals surface area contributed by atoms with Gasteiger partial charge in [0.2, 0.25) is 5.88 Å². The number of hydrogen-bond donors (Lipinski definition) is 1. The van der Waals surface area contributed by atoms with E-state index in [1.807, 2.05) is 0 Å². The smallest absolute Gasteiger partial charge is 0.242 e. The van der Waals surface area contributed by atoms with E-state index in [0.29, 0.717) is 23.6 Å². The number of hydrogen-bond acceptors (Lipinski definition) is 5. The Balaban J connectivity index is 2.10. The van der Waals surface area contributed by atoms with Gasteiger partial charge in [-0.25, -0.2) is 4.98 Å². The van der Waals surface area contributed by atoms with Crippen LogP contribution in [0.4, 0.5) is 11.5 Å². The van der Waals surface area contributed by atoms with Gasteiger partial charge in [0.1, 0.15) is 12.0 Å². The first-order valence-electron chi connectivity index (χ1n) is 8.14. The molecule has 0 saturated carbocycles. The molecule has 0 aromatic carbocycles. The minimum absolute atomic E-state index is 0.500. The van der Waals surface area contributed by atoms with E-state index in [4.69, 9.17) is 10.5 Å². The quantitative estimate of drug-likeness (QED) is 0.872. The Morgan fingerprint density at radius 2 is 1.86 bits per heavy atom. The Kier molecular flexibility index (Phi) is 5.26. The first-order chi connectivity index (χ1) is 10.2. The Hall–Kier alpha value is -1.52. The number of anilines is 2. The number of piperidine rings is 1. The summed E-state index contributed by atoms with van der Waals surface area (Å²) in [6, 6.07) is 0. The zero-order chi connectivity index (χ0) is 15.3.